The molecule has 5 heteroatoms. The normalized spacial score (nSPS) is 11.7. The summed E-state index contributed by atoms with van der Waals surface area (Å²) in [6.07, 6.45) is -0.00494. The number of alkyl carbamates (subject to hydrolysis) is 1. The van der Waals surface area contributed by atoms with Gasteiger partial charge in [-0.1, -0.05) is 42.5 Å². The number of benzene rings is 2. The minimum Gasteiger partial charge on any atom is -0.449 e. The zero-order valence-corrected chi connectivity index (χ0v) is 13.2. The van der Waals surface area contributed by atoms with E-state index in [1.165, 1.54) is 7.05 Å². The molecule has 0 aliphatic heterocycles. The lowest BCUT2D eigenvalue weighted by molar-refractivity contribution is 0.0199. The molecule has 2 rings (SSSR count). The SMILES string of the molecule is CNC(=O)OCCC(OCc1cccc(N)c1)c1ccccc1. The summed E-state index contributed by atoms with van der Waals surface area (Å²) in [6.45, 7) is 0.737. The van der Waals surface area contributed by atoms with Crippen LogP contribution in [0.1, 0.15) is 23.7 Å². The van der Waals surface area contributed by atoms with Crippen molar-refractivity contribution in [2.45, 2.75) is 19.1 Å². The number of rotatable bonds is 7. The third-order valence-electron chi connectivity index (χ3n) is 3.39. The molecule has 3 N–H and O–H groups in total. The first-order valence-electron chi connectivity index (χ1n) is 7.54. The minimum absolute atomic E-state index is 0.151. The summed E-state index contributed by atoms with van der Waals surface area (Å²) in [6, 6.07) is 17.5. The summed E-state index contributed by atoms with van der Waals surface area (Å²) >= 11 is 0. The molecule has 0 aromatic heterocycles. The van der Waals surface area contributed by atoms with Gasteiger partial charge in [-0.25, -0.2) is 4.79 Å². The fourth-order valence-corrected chi connectivity index (χ4v) is 2.22. The van der Waals surface area contributed by atoms with E-state index in [4.69, 9.17) is 15.2 Å². The van der Waals surface area contributed by atoms with Gasteiger partial charge < -0.3 is 20.5 Å². The van der Waals surface area contributed by atoms with Gasteiger partial charge in [0.1, 0.15) is 0 Å². The van der Waals surface area contributed by atoms with Crippen LogP contribution < -0.4 is 11.1 Å². The number of carbonyl (C=O) groups is 1. The first kappa shape index (κ1) is 16.8. The Morgan fingerprint density at radius 3 is 2.65 bits per heavy atom. The number of nitrogens with one attached hydrogen (secondary N) is 1. The average molecular weight is 314 g/mol. The summed E-state index contributed by atoms with van der Waals surface area (Å²) in [5.74, 6) is 0. The van der Waals surface area contributed by atoms with Gasteiger partial charge in [-0.05, 0) is 23.3 Å². The van der Waals surface area contributed by atoms with Crippen LogP contribution in [0.15, 0.2) is 54.6 Å². The number of carbonyl (C=O) groups excluding carboxylic acids is 1. The summed E-state index contributed by atoms with van der Waals surface area (Å²) in [4.78, 5) is 11.2. The van der Waals surface area contributed by atoms with E-state index in [9.17, 15) is 4.79 Å². The molecule has 0 spiro atoms. The van der Waals surface area contributed by atoms with Crippen LogP contribution in [0.4, 0.5) is 10.5 Å². The molecular weight excluding hydrogens is 292 g/mol. The van der Waals surface area contributed by atoms with Gasteiger partial charge in [-0.3, -0.25) is 0 Å². The van der Waals surface area contributed by atoms with Crippen molar-refractivity contribution in [1.29, 1.82) is 0 Å². The van der Waals surface area contributed by atoms with Crippen LogP contribution >= 0.6 is 0 Å². The molecule has 2 aromatic rings. The average Bonchev–Trinajstić information content (AvgIpc) is 2.58. The molecule has 0 radical (unpaired) electrons. The number of anilines is 1. The second kappa shape index (κ2) is 8.80. The largest absolute Gasteiger partial charge is 0.449 e. The minimum atomic E-state index is -0.437. The monoisotopic (exact) mass is 314 g/mol. The van der Waals surface area contributed by atoms with Crippen LogP contribution in [0.3, 0.4) is 0 Å². The quantitative estimate of drug-likeness (QED) is 0.769. The highest BCUT2D eigenvalue weighted by molar-refractivity contribution is 5.66. The molecule has 1 unspecified atom stereocenters. The van der Waals surface area contributed by atoms with Crippen molar-refractivity contribution in [2.24, 2.45) is 0 Å². The lowest BCUT2D eigenvalue weighted by Gasteiger charge is -2.18. The Morgan fingerprint density at radius 2 is 1.96 bits per heavy atom. The molecular formula is C18H22N2O3. The van der Waals surface area contributed by atoms with E-state index in [1.807, 2.05) is 54.6 Å². The molecule has 0 heterocycles. The van der Waals surface area contributed by atoms with E-state index < -0.39 is 6.09 Å². The summed E-state index contributed by atoms with van der Waals surface area (Å²) in [7, 11) is 1.54. The molecule has 1 atom stereocenters. The van der Waals surface area contributed by atoms with Crippen LogP contribution in [-0.2, 0) is 16.1 Å². The van der Waals surface area contributed by atoms with E-state index in [0.717, 1.165) is 11.1 Å². The Kier molecular flexibility index (Phi) is 6.44. The van der Waals surface area contributed by atoms with Crippen molar-refractivity contribution in [1.82, 2.24) is 5.32 Å². The van der Waals surface area contributed by atoms with Gasteiger partial charge in [-0.2, -0.15) is 0 Å². The Morgan fingerprint density at radius 1 is 1.17 bits per heavy atom. The van der Waals surface area contributed by atoms with Gasteiger partial charge in [0.25, 0.3) is 0 Å². The Bertz CT molecular complexity index is 617. The highest BCUT2D eigenvalue weighted by Gasteiger charge is 2.13. The fraction of sp³-hybridized carbons (Fsp3) is 0.278. The van der Waals surface area contributed by atoms with E-state index in [2.05, 4.69) is 5.32 Å². The van der Waals surface area contributed by atoms with Crippen molar-refractivity contribution >= 4 is 11.8 Å². The maximum Gasteiger partial charge on any atom is 0.406 e. The van der Waals surface area contributed by atoms with E-state index in [0.29, 0.717) is 18.7 Å². The maximum absolute atomic E-state index is 11.2. The summed E-state index contributed by atoms with van der Waals surface area (Å²) < 4.78 is 11.1. The molecule has 0 saturated heterocycles. The second-order valence-electron chi connectivity index (χ2n) is 5.13. The van der Waals surface area contributed by atoms with Crippen molar-refractivity contribution in [3.63, 3.8) is 0 Å². The van der Waals surface area contributed by atoms with Crippen LogP contribution in [0.5, 0.6) is 0 Å². The van der Waals surface area contributed by atoms with E-state index in [-0.39, 0.29) is 12.7 Å². The van der Waals surface area contributed by atoms with Crippen molar-refractivity contribution in [3.05, 3.63) is 65.7 Å². The highest BCUT2D eigenvalue weighted by atomic mass is 16.5. The fourth-order valence-electron chi connectivity index (χ4n) is 2.22. The van der Waals surface area contributed by atoms with Crippen LogP contribution in [0.25, 0.3) is 0 Å². The van der Waals surface area contributed by atoms with Gasteiger partial charge in [0.2, 0.25) is 0 Å². The molecule has 5 nitrogen and oxygen atoms in total. The van der Waals surface area contributed by atoms with Crippen LogP contribution in [0.2, 0.25) is 0 Å². The number of ether oxygens (including phenoxy) is 2. The maximum atomic E-state index is 11.2. The van der Waals surface area contributed by atoms with Gasteiger partial charge in [0, 0.05) is 19.2 Å². The van der Waals surface area contributed by atoms with Crippen molar-refractivity contribution in [2.75, 3.05) is 19.4 Å². The predicted molar refractivity (Wildman–Crippen MR) is 89.9 cm³/mol. The van der Waals surface area contributed by atoms with Gasteiger partial charge in [0.15, 0.2) is 0 Å². The number of nitrogen functional groups attached to an aromatic ring is 1. The van der Waals surface area contributed by atoms with Gasteiger partial charge in [0.05, 0.1) is 19.3 Å². The molecule has 0 saturated carbocycles. The lowest BCUT2D eigenvalue weighted by Crippen LogP contribution is -2.20. The van der Waals surface area contributed by atoms with Crippen molar-refractivity contribution < 1.29 is 14.3 Å². The topological polar surface area (TPSA) is 73.6 Å². The smallest absolute Gasteiger partial charge is 0.406 e. The Balaban J connectivity index is 1.97. The molecule has 0 aliphatic rings. The predicted octanol–water partition coefficient (Wildman–Crippen LogP) is 3.27. The third kappa shape index (κ3) is 5.64. The molecule has 1 amide bonds. The standard InChI is InChI=1S/C18H22N2O3/c1-20-18(21)22-11-10-17(15-7-3-2-4-8-15)23-13-14-6-5-9-16(19)12-14/h2-9,12,17H,10-11,13,19H2,1H3,(H,20,21). The summed E-state index contributed by atoms with van der Waals surface area (Å²) in [5, 5.41) is 2.43. The van der Waals surface area contributed by atoms with Crippen LogP contribution in [0, 0.1) is 0 Å². The zero-order valence-electron chi connectivity index (χ0n) is 13.2. The first-order valence-corrected chi connectivity index (χ1v) is 7.54. The third-order valence-corrected chi connectivity index (χ3v) is 3.39. The van der Waals surface area contributed by atoms with E-state index in [1.54, 1.807) is 0 Å². The second-order valence-corrected chi connectivity index (χ2v) is 5.13. The Labute approximate surface area is 136 Å². The molecule has 0 fully saturated rings. The molecule has 23 heavy (non-hydrogen) atoms. The molecule has 2 aromatic carbocycles. The van der Waals surface area contributed by atoms with Crippen LogP contribution in [-0.4, -0.2) is 19.7 Å². The lowest BCUT2D eigenvalue weighted by atomic mass is 10.1. The number of amides is 1. The molecule has 0 bridgehead atoms. The Hall–Kier alpha value is -2.53. The van der Waals surface area contributed by atoms with Gasteiger partial charge in [-0.15, -0.1) is 0 Å². The van der Waals surface area contributed by atoms with Crippen molar-refractivity contribution in [3.8, 4) is 0 Å². The molecule has 0 aliphatic carbocycles. The molecule has 122 valence electrons. The highest BCUT2D eigenvalue weighted by Crippen LogP contribution is 2.23. The van der Waals surface area contributed by atoms with E-state index >= 15 is 0 Å². The zero-order chi connectivity index (χ0) is 16.5. The number of nitrogens with two attached hydrogens (primary N) is 1. The van der Waals surface area contributed by atoms with Gasteiger partial charge >= 0.3 is 6.09 Å². The number of hydrogen-bond donors (Lipinski definition) is 2. The summed E-state index contributed by atoms with van der Waals surface area (Å²) in [5.41, 5.74) is 8.56. The first-order chi connectivity index (χ1) is 11.2. The number of hydrogen-bond acceptors (Lipinski definition) is 4.